The second-order valence-corrected chi connectivity index (χ2v) is 4.11. The Morgan fingerprint density at radius 1 is 1.42 bits per heavy atom. The molecule has 5 heteroatoms. The Morgan fingerprint density at radius 3 is 3.00 bits per heavy atom. The number of carbonyl (C=O) groups excluding carboxylic acids is 1. The van der Waals surface area contributed by atoms with Gasteiger partial charge in [0.15, 0.2) is 0 Å². The van der Waals surface area contributed by atoms with E-state index in [4.69, 9.17) is 4.74 Å². The average molecular weight is 259 g/mol. The number of methoxy groups -OCH3 is 1. The number of carbonyl (C=O) groups is 1. The molecular formula is C14H17N3O2. The summed E-state index contributed by atoms with van der Waals surface area (Å²) in [4.78, 5) is 18.8. The molecule has 1 aromatic carbocycles. The topological polar surface area (TPSA) is 67.0 Å². The van der Waals surface area contributed by atoms with Crippen molar-refractivity contribution in [3.05, 3.63) is 53.6 Å². The van der Waals surface area contributed by atoms with Crippen LogP contribution in [0.4, 0.5) is 0 Å². The number of hydrogen-bond acceptors (Lipinski definition) is 4. The molecule has 0 unspecified atom stereocenters. The second kappa shape index (κ2) is 6.70. The number of esters is 1. The number of rotatable bonds is 6. The van der Waals surface area contributed by atoms with Gasteiger partial charge in [-0.1, -0.05) is 18.2 Å². The van der Waals surface area contributed by atoms with E-state index in [1.807, 2.05) is 24.4 Å². The molecular weight excluding hydrogens is 242 g/mol. The van der Waals surface area contributed by atoms with Gasteiger partial charge in [0.25, 0.3) is 0 Å². The highest BCUT2D eigenvalue weighted by molar-refractivity contribution is 5.90. The van der Waals surface area contributed by atoms with Crippen LogP contribution in [0.15, 0.2) is 36.7 Å². The van der Waals surface area contributed by atoms with Crippen LogP contribution in [0, 0.1) is 0 Å². The molecule has 0 bridgehead atoms. The summed E-state index contributed by atoms with van der Waals surface area (Å²) < 4.78 is 4.76. The van der Waals surface area contributed by atoms with Crippen LogP contribution >= 0.6 is 0 Å². The SMILES string of the molecule is COC(=O)c1ccccc1CNCCc1ncc[nH]1. The standard InChI is InChI=1S/C14H17N3O2/c1-19-14(18)12-5-3-2-4-11(12)10-15-7-6-13-16-8-9-17-13/h2-5,8-9,15H,6-7,10H2,1H3,(H,16,17). The summed E-state index contributed by atoms with van der Waals surface area (Å²) in [5.74, 6) is 0.650. The Balaban J connectivity index is 1.87. The van der Waals surface area contributed by atoms with E-state index in [9.17, 15) is 4.79 Å². The predicted molar refractivity (Wildman–Crippen MR) is 71.8 cm³/mol. The highest BCUT2D eigenvalue weighted by atomic mass is 16.5. The highest BCUT2D eigenvalue weighted by Crippen LogP contribution is 2.09. The summed E-state index contributed by atoms with van der Waals surface area (Å²) in [5.41, 5.74) is 1.55. The fourth-order valence-electron chi connectivity index (χ4n) is 1.85. The van der Waals surface area contributed by atoms with Crippen LogP contribution in [0.2, 0.25) is 0 Å². The molecule has 0 amide bonds. The fraction of sp³-hybridized carbons (Fsp3) is 0.286. The van der Waals surface area contributed by atoms with Gasteiger partial charge in [0.1, 0.15) is 5.82 Å². The minimum atomic E-state index is -0.302. The minimum Gasteiger partial charge on any atom is -0.465 e. The normalized spacial score (nSPS) is 10.4. The average Bonchev–Trinajstić information content (AvgIpc) is 2.96. The van der Waals surface area contributed by atoms with Crippen molar-refractivity contribution >= 4 is 5.97 Å². The molecule has 0 aliphatic carbocycles. The van der Waals surface area contributed by atoms with Gasteiger partial charge in [0.05, 0.1) is 12.7 Å². The molecule has 0 aliphatic rings. The van der Waals surface area contributed by atoms with Gasteiger partial charge in [-0.05, 0) is 11.6 Å². The van der Waals surface area contributed by atoms with Crippen LogP contribution < -0.4 is 5.32 Å². The first kappa shape index (κ1) is 13.3. The molecule has 100 valence electrons. The Labute approximate surface area is 112 Å². The highest BCUT2D eigenvalue weighted by Gasteiger charge is 2.10. The van der Waals surface area contributed by atoms with Gasteiger partial charge < -0.3 is 15.0 Å². The lowest BCUT2D eigenvalue weighted by Gasteiger charge is -2.08. The summed E-state index contributed by atoms with van der Waals surface area (Å²) in [5, 5.41) is 3.29. The molecule has 0 atom stereocenters. The molecule has 5 nitrogen and oxygen atoms in total. The first-order valence-electron chi connectivity index (χ1n) is 6.16. The number of H-pyrrole nitrogens is 1. The number of aromatic nitrogens is 2. The van der Waals surface area contributed by atoms with Crippen molar-refractivity contribution in [1.29, 1.82) is 0 Å². The van der Waals surface area contributed by atoms with Crippen molar-refractivity contribution in [3.8, 4) is 0 Å². The largest absolute Gasteiger partial charge is 0.465 e. The van der Waals surface area contributed by atoms with Crippen LogP contribution in [0.3, 0.4) is 0 Å². The summed E-state index contributed by atoms with van der Waals surface area (Å²) in [6.07, 6.45) is 4.37. The Bertz CT molecular complexity index is 523. The van der Waals surface area contributed by atoms with E-state index in [-0.39, 0.29) is 5.97 Å². The van der Waals surface area contributed by atoms with E-state index in [1.54, 1.807) is 12.3 Å². The van der Waals surface area contributed by atoms with Crippen LogP contribution in [-0.4, -0.2) is 29.6 Å². The van der Waals surface area contributed by atoms with Gasteiger partial charge in [0.2, 0.25) is 0 Å². The first-order chi connectivity index (χ1) is 9.31. The maximum absolute atomic E-state index is 11.6. The monoisotopic (exact) mass is 259 g/mol. The minimum absolute atomic E-state index is 0.302. The van der Waals surface area contributed by atoms with Crippen molar-refractivity contribution in [1.82, 2.24) is 15.3 Å². The van der Waals surface area contributed by atoms with Gasteiger partial charge in [0, 0.05) is 31.9 Å². The zero-order valence-electron chi connectivity index (χ0n) is 10.8. The lowest BCUT2D eigenvalue weighted by atomic mass is 10.1. The van der Waals surface area contributed by atoms with Crippen molar-refractivity contribution in [2.24, 2.45) is 0 Å². The third-order valence-corrected chi connectivity index (χ3v) is 2.83. The van der Waals surface area contributed by atoms with E-state index in [0.29, 0.717) is 12.1 Å². The fourth-order valence-corrected chi connectivity index (χ4v) is 1.85. The van der Waals surface area contributed by atoms with Gasteiger partial charge in [-0.2, -0.15) is 0 Å². The molecule has 2 aromatic rings. The molecule has 19 heavy (non-hydrogen) atoms. The third kappa shape index (κ3) is 3.66. The predicted octanol–water partition coefficient (Wildman–Crippen LogP) is 1.53. The Morgan fingerprint density at radius 2 is 2.26 bits per heavy atom. The number of aromatic amines is 1. The van der Waals surface area contributed by atoms with E-state index in [2.05, 4.69) is 15.3 Å². The number of hydrogen-bond donors (Lipinski definition) is 2. The van der Waals surface area contributed by atoms with Crippen molar-refractivity contribution in [2.45, 2.75) is 13.0 Å². The second-order valence-electron chi connectivity index (χ2n) is 4.11. The lowest BCUT2D eigenvalue weighted by Crippen LogP contribution is -2.19. The number of imidazole rings is 1. The van der Waals surface area contributed by atoms with E-state index in [0.717, 1.165) is 24.4 Å². The number of ether oxygens (including phenoxy) is 1. The first-order valence-corrected chi connectivity index (χ1v) is 6.16. The summed E-state index contributed by atoms with van der Waals surface area (Å²) in [7, 11) is 1.39. The van der Waals surface area contributed by atoms with Gasteiger partial charge in [-0.15, -0.1) is 0 Å². The molecule has 2 N–H and O–H groups in total. The maximum atomic E-state index is 11.6. The maximum Gasteiger partial charge on any atom is 0.338 e. The summed E-state index contributed by atoms with van der Waals surface area (Å²) in [6, 6.07) is 7.44. The van der Waals surface area contributed by atoms with Gasteiger partial charge >= 0.3 is 5.97 Å². The summed E-state index contributed by atoms with van der Waals surface area (Å²) >= 11 is 0. The number of nitrogens with zero attached hydrogens (tertiary/aromatic N) is 1. The molecule has 1 heterocycles. The lowest BCUT2D eigenvalue weighted by molar-refractivity contribution is 0.0599. The van der Waals surface area contributed by atoms with Crippen LogP contribution in [0.1, 0.15) is 21.7 Å². The smallest absolute Gasteiger partial charge is 0.338 e. The van der Waals surface area contributed by atoms with Crippen LogP contribution in [0.25, 0.3) is 0 Å². The van der Waals surface area contributed by atoms with Crippen molar-refractivity contribution in [2.75, 3.05) is 13.7 Å². The zero-order chi connectivity index (χ0) is 13.5. The van der Waals surface area contributed by atoms with E-state index >= 15 is 0 Å². The molecule has 0 saturated carbocycles. The molecule has 2 rings (SSSR count). The van der Waals surface area contributed by atoms with Crippen LogP contribution in [0.5, 0.6) is 0 Å². The van der Waals surface area contributed by atoms with Crippen molar-refractivity contribution < 1.29 is 9.53 Å². The van der Waals surface area contributed by atoms with Crippen molar-refractivity contribution in [3.63, 3.8) is 0 Å². The van der Waals surface area contributed by atoms with E-state index in [1.165, 1.54) is 7.11 Å². The van der Waals surface area contributed by atoms with Crippen LogP contribution in [-0.2, 0) is 17.7 Å². The van der Waals surface area contributed by atoms with Gasteiger partial charge in [-0.25, -0.2) is 9.78 Å². The quantitative estimate of drug-likeness (QED) is 0.610. The molecule has 0 radical (unpaired) electrons. The number of nitrogens with one attached hydrogen (secondary N) is 2. The Kier molecular flexibility index (Phi) is 4.69. The molecule has 0 fully saturated rings. The molecule has 0 saturated heterocycles. The summed E-state index contributed by atoms with van der Waals surface area (Å²) in [6.45, 7) is 1.43. The van der Waals surface area contributed by atoms with E-state index < -0.39 is 0 Å². The Hall–Kier alpha value is -2.14. The zero-order valence-corrected chi connectivity index (χ0v) is 10.8. The molecule has 1 aromatic heterocycles. The molecule has 0 aliphatic heterocycles. The van der Waals surface area contributed by atoms with Gasteiger partial charge in [-0.3, -0.25) is 0 Å². The third-order valence-electron chi connectivity index (χ3n) is 2.83. The number of benzene rings is 1. The molecule has 0 spiro atoms.